The first-order valence-corrected chi connectivity index (χ1v) is 10.9. The van der Waals surface area contributed by atoms with Crippen molar-refractivity contribution in [2.75, 3.05) is 13.1 Å². The Balaban J connectivity index is 1.27. The van der Waals surface area contributed by atoms with E-state index in [0.29, 0.717) is 37.9 Å². The molecular weight excluding hydrogens is 421 g/mol. The van der Waals surface area contributed by atoms with Crippen molar-refractivity contribution >= 4 is 6.09 Å². The zero-order valence-corrected chi connectivity index (χ0v) is 17.6. The summed E-state index contributed by atoms with van der Waals surface area (Å²) in [4.78, 5) is 13.8. The molecule has 5 nitrogen and oxygen atoms in total. The van der Waals surface area contributed by atoms with Crippen LogP contribution in [0.25, 0.3) is 0 Å². The second kappa shape index (κ2) is 9.50. The summed E-state index contributed by atoms with van der Waals surface area (Å²) in [7, 11) is 0. The molecule has 4 rings (SSSR count). The standard InChI is InChI=1S/C24H27F3N2O3/c25-24(26,27)19-8-4-7-17(11-19)18-9-10-22(30)21(12-18)28-20-13-29(14-20)23(31)32-15-16-5-2-1-3-6-16/h1-8,11,18,20-22,28,30H,9-10,12-15H2/t18-,21-,22-/m0/s1. The number of aliphatic hydroxyl groups is 1. The summed E-state index contributed by atoms with van der Waals surface area (Å²) >= 11 is 0. The number of ether oxygens (including phenoxy) is 1. The number of amides is 1. The van der Waals surface area contributed by atoms with Crippen molar-refractivity contribution < 1.29 is 27.8 Å². The fourth-order valence-electron chi connectivity index (χ4n) is 4.45. The molecule has 1 amide bonds. The Labute approximate surface area is 185 Å². The molecular formula is C24H27F3N2O3. The maximum absolute atomic E-state index is 13.1. The van der Waals surface area contributed by atoms with Gasteiger partial charge in [0.25, 0.3) is 0 Å². The van der Waals surface area contributed by atoms with E-state index in [1.54, 1.807) is 11.0 Å². The van der Waals surface area contributed by atoms with Crippen molar-refractivity contribution in [1.29, 1.82) is 0 Å². The van der Waals surface area contributed by atoms with Gasteiger partial charge in [0.2, 0.25) is 0 Å². The van der Waals surface area contributed by atoms with E-state index in [-0.39, 0.29) is 30.7 Å². The number of carbonyl (C=O) groups is 1. The number of halogens is 3. The van der Waals surface area contributed by atoms with Gasteiger partial charge in [-0.25, -0.2) is 4.79 Å². The lowest BCUT2D eigenvalue weighted by Gasteiger charge is -2.43. The maximum Gasteiger partial charge on any atom is 0.416 e. The van der Waals surface area contributed by atoms with E-state index < -0.39 is 17.8 Å². The van der Waals surface area contributed by atoms with Crippen LogP contribution in [0.1, 0.15) is 41.9 Å². The van der Waals surface area contributed by atoms with Crippen molar-refractivity contribution in [3.63, 3.8) is 0 Å². The van der Waals surface area contributed by atoms with Gasteiger partial charge < -0.3 is 20.1 Å². The van der Waals surface area contributed by atoms with Crippen LogP contribution < -0.4 is 5.32 Å². The highest BCUT2D eigenvalue weighted by Gasteiger charge is 2.38. The van der Waals surface area contributed by atoms with Crippen LogP contribution in [0.15, 0.2) is 54.6 Å². The molecule has 8 heteroatoms. The Morgan fingerprint density at radius 1 is 1.09 bits per heavy atom. The van der Waals surface area contributed by atoms with Gasteiger partial charge in [-0.15, -0.1) is 0 Å². The second-order valence-corrected chi connectivity index (χ2v) is 8.62. The number of nitrogens with zero attached hydrogens (tertiary/aromatic N) is 1. The third-order valence-electron chi connectivity index (χ3n) is 6.29. The Kier molecular flexibility index (Phi) is 6.71. The molecule has 1 aliphatic heterocycles. The van der Waals surface area contributed by atoms with Gasteiger partial charge in [0.1, 0.15) is 6.61 Å². The lowest BCUT2D eigenvalue weighted by atomic mass is 9.79. The summed E-state index contributed by atoms with van der Waals surface area (Å²) < 4.78 is 44.5. The molecule has 1 saturated heterocycles. The van der Waals surface area contributed by atoms with Crippen LogP contribution in [-0.4, -0.2) is 47.4 Å². The number of benzene rings is 2. The number of likely N-dealkylation sites (tertiary alicyclic amines) is 1. The zero-order chi connectivity index (χ0) is 22.7. The molecule has 172 valence electrons. The third kappa shape index (κ3) is 5.42. The summed E-state index contributed by atoms with van der Waals surface area (Å²) in [6.45, 7) is 1.17. The minimum absolute atomic E-state index is 0.0270. The fourth-order valence-corrected chi connectivity index (χ4v) is 4.45. The van der Waals surface area contributed by atoms with Gasteiger partial charge in [-0.05, 0) is 42.4 Å². The van der Waals surface area contributed by atoms with Gasteiger partial charge >= 0.3 is 12.3 Å². The zero-order valence-electron chi connectivity index (χ0n) is 17.6. The molecule has 3 atom stereocenters. The van der Waals surface area contributed by atoms with Gasteiger partial charge in [0, 0.05) is 25.2 Å². The van der Waals surface area contributed by atoms with E-state index in [4.69, 9.17) is 4.74 Å². The number of alkyl halides is 3. The lowest BCUT2D eigenvalue weighted by Crippen LogP contribution is -2.63. The third-order valence-corrected chi connectivity index (χ3v) is 6.29. The topological polar surface area (TPSA) is 61.8 Å². The van der Waals surface area contributed by atoms with Gasteiger partial charge in [-0.1, -0.05) is 48.5 Å². The largest absolute Gasteiger partial charge is 0.445 e. The van der Waals surface area contributed by atoms with Crippen LogP contribution in [0.2, 0.25) is 0 Å². The van der Waals surface area contributed by atoms with Crippen LogP contribution >= 0.6 is 0 Å². The van der Waals surface area contributed by atoms with E-state index in [9.17, 15) is 23.1 Å². The molecule has 1 heterocycles. The fraction of sp³-hybridized carbons (Fsp3) is 0.458. The lowest BCUT2D eigenvalue weighted by molar-refractivity contribution is -0.137. The molecule has 0 unspecified atom stereocenters. The predicted octanol–water partition coefficient (Wildman–Crippen LogP) is 4.31. The summed E-state index contributed by atoms with van der Waals surface area (Å²) in [5, 5.41) is 13.8. The average molecular weight is 448 g/mol. The quantitative estimate of drug-likeness (QED) is 0.716. The smallest absolute Gasteiger partial charge is 0.416 e. The van der Waals surface area contributed by atoms with Gasteiger partial charge in [0.15, 0.2) is 0 Å². The van der Waals surface area contributed by atoms with Crippen LogP contribution in [0.3, 0.4) is 0 Å². The number of hydrogen-bond donors (Lipinski definition) is 2. The van der Waals surface area contributed by atoms with E-state index in [1.807, 2.05) is 30.3 Å². The Hall–Kier alpha value is -2.58. The average Bonchev–Trinajstić information content (AvgIpc) is 2.75. The van der Waals surface area contributed by atoms with Crippen LogP contribution in [0.5, 0.6) is 0 Å². The van der Waals surface area contributed by atoms with Crippen molar-refractivity contribution in [3.8, 4) is 0 Å². The molecule has 2 aliphatic rings. The molecule has 0 spiro atoms. The van der Waals surface area contributed by atoms with Crippen molar-refractivity contribution in [1.82, 2.24) is 10.2 Å². The number of aliphatic hydroxyl groups excluding tert-OH is 1. The Morgan fingerprint density at radius 2 is 1.84 bits per heavy atom. The molecule has 32 heavy (non-hydrogen) atoms. The number of hydrogen-bond acceptors (Lipinski definition) is 4. The molecule has 2 aromatic carbocycles. The highest BCUT2D eigenvalue weighted by Crippen LogP contribution is 2.37. The van der Waals surface area contributed by atoms with Crippen LogP contribution in [0, 0.1) is 0 Å². The van der Waals surface area contributed by atoms with Gasteiger partial charge in [0.05, 0.1) is 11.7 Å². The maximum atomic E-state index is 13.1. The highest BCUT2D eigenvalue weighted by atomic mass is 19.4. The van der Waals surface area contributed by atoms with Crippen LogP contribution in [0.4, 0.5) is 18.0 Å². The SMILES string of the molecule is O=C(OCc1ccccc1)N1CC(N[C@H]2C[C@@H](c3cccc(C(F)(F)F)c3)CC[C@@H]2O)C1. The molecule has 0 aromatic heterocycles. The van der Waals surface area contributed by atoms with Gasteiger partial charge in [-0.3, -0.25) is 0 Å². The first-order chi connectivity index (χ1) is 15.3. The summed E-state index contributed by atoms with van der Waals surface area (Å²) in [6, 6.07) is 14.7. The molecule has 0 radical (unpaired) electrons. The first kappa shape index (κ1) is 22.6. The summed E-state index contributed by atoms with van der Waals surface area (Å²) in [5.74, 6) is -0.0507. The normalized spacial score (nSPS) is 24.1. The predicted molar refractivity (Wildman–Crippen MR) is 113 cm³/mol. The number of nitrogens with one attached hydrogen (secondary N) is 1. The number of rotatable bonds is 5. The number of carbonyl (C=O) groups excluding carboxylic acids is 1. The highest BCUT2D eigenvalue weighted by molar-refractivity contribution is 5.68. The van der Waals surface area contributed by atoms with Gasteiger partial charge in [-0.2, -0.15) is 13.2 Å². The van der Waals surface area contributed by atoms with Crippen molar-refractivity contribution in [2.24, 2.45) is 0 Å². The van der Waals surface area contributed by atoms with Crippen LogP contribution in [-0.2, 0) is 17.5 Å². The Bertz CT molecular complexity index is 916. The summed E-state index contributed by atoms with van der Waals surface area (Å²) in [6.07, 6.45) is -3.59. The molecule has 2 fully saturated rings. The van der Waals surface area contributed by atoms with E-state index >= 15 is 0 Å². The first-order valence-electron chi connectivity index (χ1n) is 10.9. The van der Waals surface area contributed by atoms with Crippen molar-refractivity contribution in [3.05, 3.63) is 71.3 Å². The minimum Gasteiger partial charge on any atom is -0.445 e. The van der Waals surface area contributed by atoms with E-state index in [2.05, 4.69) is 5.32 Å². The van der Waals surface area contributed by atoms with Crippen molar-refractivity contribution in [2.45, 2.75) is 56.2 Å². The molecule has 2 N–H and O–H groups in total. The second-order valence-electron chi connectivity index (χ2n) is 8.62. The molecule has 0 bridgehead atoms. The molecule has 1 saturated carbocycles. The molecule has 2 aromatic rings. The summed E-state index contributed by atoms with van der Waals surface area (Å²) in [5.41, 5.74) is 0.926. The minimum atomic E-state index is -4.37. The molecule has 1 aliphatic carbocycles. The van der Waals surface area contributed by atoms with E-state index in [1.165, 1.54) is 12.1 Å². The monoisotopic (exact) mass is 448 g/mol. The van der Waals surface area contributed by atoms with E-state index in [0.717, 1.165) is 11.6 Å². The Morgan fingerprint density at radius 3 is 2.56 bits per heavy atom.